The monoisotopic (exact) mass is 330 g/mol. The minimum atomic E-state index is -0.942. The SMILES string of the molecule is CCCCCC(O)C=CC(O)C(O)CCCCCCCC(=O)O. The molecule has 0 bridgehead atoms. The number of hydrogen-bond acceptors (Lipinski definition) is 4. The normalized spacial score (nSPS) is 15.7. The molecule has 3 atom stereocenters. The van der Waals surface area contributed by atoms with Crippen molar-refractivity contribution in [2.75, 3.05) is 0 Å². The van der Waals surface area contributed by atoms with Gasteiger partial charge in [-0.25, -0.2) is 0 Å². The Morgan fingerprint density at radius 1 is 0.870 bits per heavy atom. The molecular weight excluding hydrogens is 296 g/mol. The topological polar surface area (TPSA) is 98.0 Å². The number of rotatable bonds is 15. The summed E-state index contributed by atoms with van der Waals surface area (Å²) >= 11 is 0. The number of carboxylic acid groups (broad SMARTS) is 1. The Kier molecular flexibility index (Phi) is 14.1. The zero-order valence-electron chi connectivity index (χ0n) is 14.4. The number of carboxylic acids is 1. The van der Waals surface area contributed by atoms with Crippen molar-refractivity contribution in [2.24, 2.45) is 0 Å². The molecule has 5 nitrogen and oxygen atoms in total. The lowest BCUT2D eigenvalue weighted by atomic mass is 10.0. The van der Waals surface area contributed by atoms with Gasteiger partial charge in [-0.3, -0.25) is 4.79 Å². The summed E-state index contributed by atoms with van der Waals surface area (Å²) in [6.07, 6.45) is 9.55. The van der Waals surface area contributed by atoms with Gasteiger partial charge in [-0.05, 0) is 19.3 Å². The molecule has 0 radical (unpaired) electrons. The second kappa shape index (κ2) is 14.7. The lowest BCUT2D eigenvalue weighted by molar-refractivity contribution is -0.137. The van der Waals surface area contributed by atoms with Crippen LogP contribution in [0.25, 0.3) is 0 Å². The Labute approximate surface area is 140 Å². The van der Waals surface area contributed by atoms with Crippen LogP contribution in [0.2, 0.25) is 0 Å². The Morgan fingerprint density at radius 2 is 1.48 bits per heavy atom. The number of aliphatic hydroxyl groups excluding tert-OH is 3. The van der Waals surface area contributed by atoms with Crippen LogP contribution < -0.4 is 0 Å². The van der Waals surface area contributed by atoms with Crippen molar-refractivity contribution in [1.82, 2.24) is 0 Å². The highest BCUT2D eigenvalue weighted by molar-refractivity contribution is 5.66. The van der Waals surface area contributed by atoms with E-state index in [9.17, 15) is 20.1 Å². The van der Waals surface area contributed by atoms with Gasteiger partial charge in [-0.1, -0.05) is 64.0 Å². The summed E-state index contributed by atoms with van der Waals surface area (Å²) in [5.41, 5.74) is 0. The lowest BCUT2D eigenvalue weighted by Crippen LogP contribution is -2.24. The molecule has 3 unspecified atom stereocenters. The van der Waals surface area contributed by atoms with Crippen LogP contribution in [0.5, 0.6) is 0 Å². The smallest absolute Gasteiger partial charge is 0.303 e. The van der Waals surface area contributed by atoms with Crippen LogP contribution in [0.3, 0.4) is 0 Å². The summed E-state index contributed by atoms with van der Waals surface area (Å²) in [4.78, 5) is 10.4. The van der Waals surface area contributed by atoms with Gasteiger partial charge in [0.15, 0.2) is 0 Å². The van der Waals surface area contributed by atoms with Gasteiger partial charge in [0.1, 0.15) is 0 Å². The fourth-order valence-electron chi connectivity index (χ4n) is 2.40. The zero-order chi connectivity index (χ0) is 17.5. The zero-order valence-corrected chi connectivity index (χ0v) is 14.4. The van der Waals surface area contributed by atoms with E-state index in [1.54, 1.807) is 6.08 Å². The molecular formula is C18H34O5. The lowest BCUT2D eigenvalue weighted by Gasteiger charge is -2.15. The van der Waals surface area contributed by atoms with Gasteiger partial charge < -0.3 is 20.4 Å². The molecule has 4 N–H and O–H groups in total. The van der Waals surface area contributed by atoms with Crippen LogP contribution in [0.15, 0.2) is 12.2 Å². The van der Waals surface area contributed by atoms with Crippen LogP contribution in [0.4, 0.5) is 0 Å². The number of carbonyl (C=O) groups is 1. The summed E-state index contributed by atoms with van der Waals surface area (Å²) in [5, 5.41) is 37.9. The van der Waals surface area contributed by atoms with E-state index in [1.807, 2.05) is 0 Å². The number of unbranched alkanes of at least 4 members (excludes halogenated alkanes) is 6. The molecule has 136 valence electrons. The molecule has 0 aromatic heterocycles. The van der Waals surface area contributed by atoms with Gasteiger partial charge in [0, 0.05) is 6.42 Å². The van der Waals surface area contributed by atoms with Crippen molar-refractivity contribution < 1.29 is 25.2 Å². The predicted octanol–water partition coefficient (Wildman–Crippen LogP) is 3.02. The standard InChI is InChI=1S/C18H34O5/c1-2-3-7-10-15(19)13-14-17(21)16(20)11-8-5-4-6-9-12-18(22)23/h13-17,19-21H,2-12H2,1H3,(H,22,23). The Bertz CT molecular complexity index is 317. The summed E-state index contributed by atoms with van der Waals surface area (Å²) in [6, 6.07) is 0. The van der Waals surface area contributed by atoms with Crippen molar-refractivity contribution in [3.05, 3.63) is 12.2 Å². The molecule has 0 aliphatic heterocycles. The maximum absolute atomic E-state index is 10.4. The summed E-state index contributed by atoms with van der Waals surface area (Å²) < 4.78 is 0. The summed E-state index contributed by atoms with van der Waals surface area (Å²) in [5.74, 6) is -0.757. The second-order valence-electron chi connectivity index (χ2n) is 6.21. The third kappa shape index (κ3) is 14.4. The first-order valence-corrected chi connectivity index (χ1v) is 8.91. The predicted molar refractivity (Wildman–Crippen MR) is 91.3 cm³/mol. The molecule has 0 aromatic rings. The molecule has 0 amide bonds. The van der Waals surface area contributed by atoms with E-state index in [1.165, 1.54) is 6.08 Å². The maximum atomic E-state index is 10.4. The highest BCUT2D eigenvalue weighted by Gasteiger charge is 2.13. The third-order valence-electron chi connectivity index (χ3n) is 3.92. The van der Waals surface area contributed by atoms with Gasteiger partial charge in [-0.15, -0.1) is 0 Å². The molecule has 0 aromatic carbocycles. The van der Waals surface area contributed by atoms with Crippen molar-refractivity contribution in [3.8, 4) is 0 Å². The van der Waals surface area contributed by atoms with Gasteiger partial charge in [0.25, 0.3) is 0 Å². The average Bonchev–Trinajstić information content (AvgIpc) is 2.51. The van der Waals surface area contributed by atoms with Crippen LogP contribution in [-0.2, 0) is 4.79 Å². The fourth-order valence-corrected chi connectivity index (χ4v) is 2.40. The van der Waals surface area contributed by atoms with Crippen LogP contribution in [-0.4, -0.2) is 44.7 Å². The van der Waals surface area contributed by atoms with E-state index in [0.29, 0.717) is 19.3 Å². The highest BCUT2D eigenvalue weighted by atomic mass is 16.4. The van der Waals surface area contributed by atoms with Crippen molar-refractivity contribution in [3.63, 3.8) is 0 Å². The molecule has 5 heteroatoms. The largest absolute Gasteiger partial charge is 0.481 e. The first-order valence-electron chi connectivity index (χ1n) is 8.91. The quantitative estimate of drug-likeness (QED) is 0.273. The average molecular weight is 330 g/mol. The first kappa shape index (κ1) is 22.1. The summed E-state index contributed by atoms with van der Waals surface area (Å²) in [6.45, 7) is 2.11. The molecule has 0 spiro atoms. The van der Waals surface area contributed by atoms with E-state index in [-0.39, 0.29) is 6.42 Å². The number of aliphatic carboxylic acids is 1. The van der Waals surface area contributed by atoms with Crippen LogP contribution in [0, 0.1) is 0 Å². The van der Waals surface area contributed by atoms with E-state index >= 15 is 0 Å². The fraction of sp³-hybridized carbons (Fsp3) is 0.833. The van der Waals surface area contributed by atoms with Gasteiger partial charge in [0.05, 0.1) is 18.3 Å². The Balaban J connectivity index is 3.68. The minimum Gasteiger partial charge on any atom is -0.481 e. The second-order valence-corrected chi connectivity index (χ2v) is 6.21. The maximum Gasteiger partial charge on any atom is 0.303 e. The molecule has 0 saturated heterocycles. The molecule has 0 rings (SSSR count). The number of hydrogen-bond donors (Lipinski definition) is 4. The molecule has 0 aliphatic rings. The number of aliphatic hydroxyl groups is 3. The molecule has 0 fully saturated rings. The van der Waals surface area contributed by atoms with Crippen LogP contribution >= 0.6 is 0 Å². The molecule has 0 aliphatic carbocycles. The van der Waals surface area contributed by atoms with Crippen molar-refractivity contribution in [1.29, 1.82) is 0 Å². The molecule has 0 heterocycles. The van der Waals surface area contributed by atoms with E-state index in [0.717, 1.165) is 44.9 Å². The summed E-state index contributed by atoms with van der Waals surface area (Å²) in [7, 11) is 0. The first-order chi connectivity index (χ1) is 11.0. The Hall–Kier alpha value is -0.910. The third-order valence-corrected chi connectivity index (χ3v) is 3.92. The minimum absolute atomic E-state index is 0.215. The van der Waals surface area contributed by atoms with Gasteiger partial charge in [0.2, 0.25) is 0 Å². The van der Waals surface area contributed by atoms with Gasteiger partial charge >= 0.3 is 5.97 Å². The van der Waals surface area contributed by atoms with Crippen LogP contribution in [0.1, 0.15) is 77.6 Å². The van der Waals surface area contributed by atoms with Crippen molar-refractivity contribution in [2.45, 2.75) is 95.9 Å². The Morgan fingerprint density at radius 3 is 2.13 bits per heavy atom. The van der Waals surface area contributed by atoms with E-state index in [4.69, 9.17) is 5.11 Å². The molecule has 23 heavy (non-hydrogen) atoms. The highest BCUT2D eigenvalue weighted by Crippen LogP contribution is 2.12. The molecule has 0 saturated carbocycles. The van der Waals surface area contributed by atoms with Gasteiger partial charge in [-0.2, -0.15) is 0 Å². The van der Waals surface area contributed by atoms with E-state index < -0.39 is 24.3 Å². The van der Waals surface area contributed by atoms with E-state index in [2.05, 4.69) is 6.92 Å². The van der Waals surface area contributed by atoms with Crippen molar-refractivity contribution >= 4 is 5.97 Å².